The Bertz CT molecular complexity index is 1090. The van der Waals surface area contributed by atoms with Crippen LogP contribution in [0.25, 0.3) is 0 Å². The highest BCUT2D eigenvalue weighted by Crippen LogP contribution is 2.43. The van der Waals surface area contributed by atoms with Crippen LogP contribution in [0.3, 0.4) is 0 Å². The summed E-state index contributed by atoms with van der Waals surface area (Å²) in [5, 5.41) is 0. The van der Waals surface area contributed by atoms with Crippen LogP contribution in [0, 0.1) is 0 Å². The number of phosphoric ester groups is 1. The van der Waals surface area contributed by atoms with Gasteiger partial charge >= 0.3 is 19.8 Å². The van der Waals surface area contributed by atoms with Crippen LogP contribution in [0.2, 0.25) is 0 Å². The zero-order valence-electron chi connectivity index (χ0n) is 34.9. The molecule has 2 atom stereocenters. The summed E-state index contributed by atoms with van der Waals surface area (Å²) in [6.45, 7) is 3.64. The van der Waals surface area contributed by atoms with Crippen LogP contribution in [-0.4, -0.2) is 49.3 Å². The van der Waals surface area contributed by atoms with Gasteiger partial charge in [-0.1, -0.05) is 145 Å². The Balaban J connectivity index is 4.24. The molecule has 0 aliphatic carbocycles. The van der Waals surface area contributed by atoms with Gasteiger partial charge in [0.25, 0.3) is 0 Å². The van der Waals surface area contributed by atoms with Gasteiger partial charge in [-0.2, -0.15) is 0 Å². The molecule has 0 fully saturated rings. The van der Waals surface area contributed by atoms with Gasteiger partial charge in [0.2, 0.25) is 0 Å². The van der Waals surface area contributed by atoms with E-state index in [0.29, 0.717) is 6.42 Å². The third-order valence-electron chi connectivity index (χ3n) is 8.88. The van der Waals surface area contributed by atoms with Crippen LogP contribution in [0.4, 0.5) is 0 Å². The zero-order chi connectivity index (χ0) is 40.3. The van der Waals surface area contributed by atoms with Gasteiger partial charge < -0.3 is 20.1 Å². The van der Waals surface area contributed by atoms with E-state index in [1.807, 2.05) is 0 Å². The number of carbonyl (C=O) groups is 2. The van der Waals surface area contributed by atoms with Crippen molar-refractivity contribution in [3.05, 3.63) is 60.8 Å². The largest absolute Gasteiger partial charge is 0.472 e. The summed E-state index contributed by atoms with van der Waals surface area (Å²) in [6.07, 6.45) is 48.2. The molecule has 0 saturated carbocycles. The fourth-order valence-corrected chi connectivity index (χ4v) is 6.38. The molecule has 0 rings (SSSR count). The minimum Gasteiger partial charge on any atom is -0.462 e. The number of rotatable bonds is 40. The number of unbranched alkanes of at least 4 members (excludes halogenated alkanes) is 17. The molecule has 0 aromatic carbocycles. The summed E-state index contributed by atoms with van der Waals surface area (Å²) in [5.74, 6) is -0.873. The van der Waals surface area contributed by atoms with Crippen molar-refractivity contribution in [2.45, 2.75) is 187 Å². The molecular formula is C45H80NO8P. The van der Waals surface area contributed by atoms with E-state index in [1.54, 1.807) is 0 Å². The minimum atomic E-state index is -4.39. The van der Waals surface area contributed by atoms with Gasteiger partial charge in [-0.05, 0) is 83.5 Å². The maximum atomic E-state index is 12.6. The van der Waals surface area contributed by atoms with Crippen molar-refractivity contribution in [2.75, 3.05) is 26.4 Å². The van der Waals surface area contributed by atoms with Gasteiger partial charge in [-0.3, -0.25) is 18.6 Å². The molecular weight excluding hydrogens is 713 g/mol. The average Bonchev–Trinajstić information content (AvgIpc) is 3.17. The predicted molar refractivity (Wildman–Crippen MR) is 229 cm³/mol. The van der Waals surface area contributed by atoms with Crippen LogP contribution >= 0.6 is 7.82 Å². The van der Waals surface area contributed by atoms with Gasteiger partial charge in [0.15, 0.2) is 6.10 Å². The summed E-state index contributed by atoms with van der Waals surface area (Å²) < 4.78 is 32.7. The number of carbonyl (C=O) groups excluding carboxylic acids is 2. The van der Waals surface area contributed by atoms with Crippen molar-refractivity contribution >= 4 is 19.8 Å². The molecule has 10 heteroatoms. The highest BCUT2D eigenvalue weighted by molar-refractivity contribution is 7.47. The molecule has 0 aliphatic rings. The SMILES string of the molecule is CCCCC/C=C/C/C=C/C/C=C/C/C=C/CCCCCC(=O)O[C@H](COC(=O)CCCCCCCCC/C=C/CCCCCC)COP(=O)(O)OCCN. The molecule has 0 radical (unpaired) electrons. The maximum absolute atomic E-state index is 12.6. The summed E-state index contributed by atoms with van der Waals surface area (Å²) >= 11 is 0. The monoisotopic (exact) mass is 794 g/mol. The van der Waals surface area contributed by atoms with E-state index in [1.165, 1.54) is 77.0 Å². The molecule has 0 bridgehead atoms. The van der Waals surface area contributed by atoms with Gasteiger partial charge in [-0.15, -0.1) is 0 Å². The molecule has 0 heterocycles. The first-order chi connectivity index (χ1) is 26.8. The van der Waals surface area contributed by atoms with Crippen LogP contribution in [0.1, 0.15) is 181 Å². The quantitative estimate of drug-likeness (QED) is 0.0269. The highest BCUT2D eigenvalue weighted by atomic mass is 31.2. The van der Waals surface area contributed by atoms with Crippen LogP contribution in [0.15, 0.2) is 60.8 Å². The lowest BCUT2D eigenvalue weighted by Crippen LogP contribution is -2.29. The highest BCUT2D eigenvalue weighted by Gasteiger charge is 2.26. The van der Waals surface area contributed by atoms with Crippen molar-refractivity contribution in [3.63, 3.8) is 0 Å². The predicted octanol–water partition coefficient (Wildman–Crippen LogP) is 12.5. The van der Waals surface area contributed by atoms with Gasteiger partial charge in [0.1, 0.15) is 6.61 Å². The second kappa shape index (κ2) is 41.3. The van der Waals surface area contributed by atoms with Gasteiger partial charge in [-0.25, -0.2) is 4.57 Å². The molecule has 0 saturated heterocycles. The average molecular weight is 794 g/mol. The van der Waals surface area contributed by atoms with Crippen LogP contribution in [-0.2, 0) is 32.7 Å². The van der Waals surface area contributed by atoms with Crippen molar-refractivity contribution in [3.8, 4) is 0 Å². The van der Waals surface area contributed by atoms with E-state index in [0.717, 1.165) is 70.6 Å². The minimum absolute atomic E-state index is 0.0449. The molecule has 0 amide bonds. The number of ether oxygens (including phenoxy) is 2. The van der Waals surface area contributed by atoms with Crippen molar-refractivity contribution in [1.29, 1.82) is 0 Å². The normalized spacial score (nSPS) is 13.9. The van der Waals surface area contributed by atoms with Crippen molar-refractivity contribution in [2.24, 2.45) is 5.73 Å². The second-order valence-corrected chi connectivity index (χ2v) is 15.7. The van der Waals surface area contributed by atoms with E-state index in [4.69, 9.17) is 24.3 Å². The smallest absolute Gasteiger partial charge is 0.462 e. The Labute approximate surface area is 336 Å². The van der Waals surface area contributed by atoms with E-state index >= 15 is 0 Å². The molecule has 0 aromatic rings. The number of phosphoric acid groups is 1. The van der Waals surface area contributed by atoms with Crippen LogP contribution in [0.5, 0.6) is 0 Å². The third-order valence-corrected chi connectivity index (χ3v) is 9.86. The molecule has 0 aromatic heterocycles. The lowest BCUT2D eigenvalue weighted by Gasteiger charge is -2.19. The fourth-order valence-electron chi connectivity index (χ4n) is 5.61. The molecule has 3 N–H and O–H groups in total. The van der Waals surface area contributed by atoms with Crippen molar-refractivity contribution in [1.82, 2.24) is 0 Å². The van der Waals surface area contributed by atoms with Crippen molar-refractivity contribution < 1.29 is 37.6 Å². The van der Waals surface area contributed by atoms with Gasteiger partial charge in [0, 0.05) is 19.4 Å². The summed E-state index contributed by atoms with van der Waals surface area (Å²) in [5.41, 5.74) is 5.34. The second-order valence-electron chi connectivity index (χ2n) is 14.2. The lowest BCUT2D eigenvalue weighted by molar-refractivity contribution is -0.161. The molecule has 318 valence electrons. The van der Waals surface area contributed by atoms with Gasteiger partial charge in [0.05, 0.1) is 13.2 Å². The Morgan fingerprint density at radius 1 is 0.545 bits per heavy atom. The molecule has 1 unspecified atom stereocenters. The standard InChI is InChI=1S/C45H80NO8P/c1-3-5-7-9-11-13-15-17-19-20-21-22-24-26-28-30-32-34-36-38-45(48)54-43(42-53-55(49,50)52-40-39-46)41-51-44(47)37-35-33-31-29-27-25-23-18-16-14-12-10-8-6-4-2/h11,13-14,16-17,19,21-22,26,28,43H,3-10,12,15,18,20,23-25,27,29-42,46H2,1-2H3,(H,49,50)/b13-11+,16-14+,19-17+,22-21+,28-26+/t43-/m1/s1. The number of esters is 2. The van der Waals surface area contributed by atoms with Crippen LogP contribution < -0.4 is 5.73 Å². The van der Waals surface area contributed by atoms with E-state index < -0.39 is 32.5 Å². The van der Waals surface area contributed by atoms with E-state index in [-0.39, 0.29) is 32.6 Å². The Morgan fingerprint density at radius 2 is 0.945 bits per heavy atom. The Hall–Kier alpha value is -2.29. The molecule has 0 spiro atoms. The summed E-state index contributed by atoms with van der Waals surface area (Å²) in [6, 6.07) is 0. The molecule has 55 heavy (non-hydrogen) atoms. The fraction of sp³-hybridized carbons (Fsp3) is 0.733. The maximum Gasteiger partial charge on any atom is 0.472 e. The third kappa shape index (κ3) is 41.2. The zero-order valence-corrected chi connectivity index (χ0v) is 35.8. The summed E-state index contributed by atoms with van der Waals surface area (Å²) in [7, 11) is -4.39. The first-order valence-electron chi connectivity index (χ1n) is 21.8. The number of nitrogens with two attached hydrogens (primary N) is 1. The topological polar surface area (TPSA) is 134 Å². The van der Waals surface area contributed by atoms with E-state index in [9.17, 15) is 19.0 Å². The summed E-state index contributed by atoms with van der Waals surface area (Å²) in [4.78, 5) is 34.9. The number of allylic oxidation sites excluding steroid dienone is 10. The Morgan fingerprint density at radius 3 is 1.47 bits per heavy atom. The first kappa shape index (κ1) is 52.7. The first-order valence-corrected chi connectivity index (χ1v) is 23.3. The number of hydrogen-bond acceptors (Lipinski definition) is 8. The lowest BCUT2D eigenvalue weighted by atomic mass is 10.1. The van der Waals surface area contributed by atoms with E-state index in [2.05, 4.69) is 74.6 Å². The Kier molecular flexibility index (Phi) is 39.6. The molecule has 0 aliphatic heterocycles. The molecule has 9 nitrogen and oxygen atoms in total. The number of hydrogen-bond donors (Lipinski definition) is 2.